The van der Waals surface area contributed by atoms with Gasteiger partial charge in [0.05, 0.1) is 5.56 Å². The van der Waals surface area contributed by atoms with Crippen molar-refractivity contribution in [1.82, 2.24) is 0 Å². The van der Waals surface area contributed by atoms with Gasteiger partial charge >= 0.3 is 0 Å². The minimum Gasteiger partial charge on any atom is -0.508 e. The Bertz CT molecular complexity index is 641. The number of nitrogen functional groups attached to an aromatic ring is 1. The first kappa shape index (κ1) is 12.9. The van der Waals surface area contributed by atoms with Crippen LogP contribution in [0.3, 0.4) is 0 Å². The van der Waals surface area contributed by atoms with Crippen molar-refractivity contribution in [3.05, 3.63) is 53.3 Å². The fraction of sp³-hybridized carbons (Fsp3) is 0.0714. The zero-order valence-corrected chi connectivity index (χ0v) is 10.3. The van der Waals surface area contributed by atoms with E-state index < -0.39 is 11.7 Å². The number of nitrogens with one attached hydrogen (secondary N) is 1. The summed E-state index contributed by atoms with van der Waals surface area (Å²) >= 11 is 0. The van der Waals surface area contributed by atoms with E-state index in [0.29, 0.717) is 11.3 Å². The number of rotatable bonds is 2. The zero-order valence-electron chi connectivity index (χ0n) is 10.3. The summed E-state index contributed by atoms with van der Waals surface area (Å²) in [5.74, 6) is -0.989. The molecule has 0 atom stereocenters. The number of carbonyl (C=O) groups is 1. The maximum absolute atomic E-state index is 13.1. The highest BCUT2D eigenvalue weighted by Crippen LogP contribution is 2.22. The topological polar surface area (TPSA) is 75.4 Å². The Morgan fingerprint density at radius 2 is 2.00 bits per heavy atom. The summed E-state index contributed by atoms with van der Waals surface area (Å²) in [6, 6.07) is 8.31. The highest BCUT2D eigenvalue weighted by molar-refractivity contribution is 6.07. The van der Waals surface area contributed by atoms with Gasteiger partial charge in [-0.05, 0) is 36.8 Å². The van der Waals surface area contributed by atoms with Crippen LogP contribution in [0.25, 0.3) is 0 Å². The number of amides is 1. The summed E-state index contributed by atoms with van der Waals surface area (Å²) in [5, 5.41) is 12.1. The Hall–Kier alpha value is -2.56. The molecule has 0 fully saturated rings. The molecular weight excluding hydrogens is 247 g/mol. The number of halogens is 1. The second kappa shape index (κ2) is 4.97. The third-order valence-electron chi connectivity index (χ3n) is 2.73. The van der Waals surface area contributed by atoms with Gasteiger partial charge in [-0.15, -0.1) is 0 Å². The van der Waals surface area contributed by atoms with Crippen LogP contribution in [-0.2, 0) is 0 Å². The first-order chi connectivity index (χ1) is 8.97. The van der Waals surface area contributed by atoms with E-state index in [4.69, 9.17) is 5.73 Å². The summed E-state index contributed by atoms with van der Waals surface area (Å²) in [4.78, 5) is 11.9. The Balaban J connectivity index is 2.25. The third-order valence-corrected chi connectivity index (χ3v) is 2.73. The van der Waals surface area contributed by atoms with E-state index in [0.717, 1.165) is 6.07 Å². The van der Waals surface area contributed by atoms with Gasteiger partial charge in [-0.3, -0.25) is 4.79 Å². The van der Waals surface area contributed by atoms with Gasteiger partial charge in [0.2, 0.25) is 0 Å². The molecule has 0 heterocycles. The van der Waals surface area contributed by atoms with Gasteiger partial charge in [0.15, 0.2) is 0 Å². The molecule has 0 aliphatic rings. The minimum atomic E-state index is -0.536. The Morgan fingerprint density at radius 1 is 1.26 bits per heavy atom. The van der Waals surface area contributed by atoms with E-state index in [2.05, 4.69) is 5.32 Å². The first-order valence-corrected chi connectivity index (χ1v) is 5.63. The average molecular weight is 260 g/mol. The number of nitrogens with two attached hydrogens (primary N) is 1. The van der Waals surface area contributed by atoms with Crippen molar-refractivity contribution >= 4 is 17.3 Å². The van der Waals surface area contributed by atoms with E-state index in [1.54, 1.807) is 19.1 Å². The van der Waals surface area contributed by atoms with Crippen molar-refractivity contribution in [1.29, 1.82) is 0 Å². The van der Waals surface area contributed by atoms with Gasteiger partial charge in [0, 0.05) is 17.4 Å². The van der Waals surface area contributed by atoms with Crippen molar-refractivity contribution < 1.29 is 14.3 Å². The van der Waals surface area contributed by atoms with E-state index in [9.17, 15) is 14.3 Å². The normalized spacial score (nSPS) is 10.2. The highest BCUT2D eigenvalue weighted by atomic mass is 19.1. The SMILES string of the molecule is Cc1ccc(NC(=O)c2cc(F)ccc2N)cc1O. The predicted octanol–water partition coefficient (Wildman–Crippen LogP) is 2.67. The molecule has 0 radical (unpaired) electrons. The molecule has 0 unspecified atom stereocenters. The van der Waals surface area contributed by atoms with Crippen LogP contribution >= 0.6 is 0 Å². The second-order valence-electron chi connectivity index (χ2n) is 4.19. The Kier molecular flexibility index (Phi) is 3.37. The van der Waals surface area contributed by atoms with Crippen LogP contribution in [0.5, 0.6) is 5.75 Å². The molecule has 2 rings (SSSR count). The van der Waals surface area contributed by atoms with E-state index in [1.165, 1.54) is 18.2 Å². The van der Waals surface area contributed by atoms with Crippen molar-refractivity contribution in [3.8, 4) is 5.75 Å². The summed E-state index contributed by atoms with van der Waals surface area (Å²) in [6.07, 6.45) is 0. The number of anilines is 2. The predicted molar refractivity (Wildman–Crippen MR) is 71.6 cm³/mol. The maximum Gasteiger partial charge on any atom is 0.257 e. The van der Waals surface area contributed by atoms with Crippen molar-refractivity contribution in [2.24, 2.45) is 0 Å². The molecule has 2 aromatic rings. The molecule has 0 spiro atoms. The molecule has 0 aromatic heterocycles. The van der Waals surface area contributed by atoms with Crippen molar-refractivity contribution in [2.75, 3.05) is 11.1 Å². The van der Waals surface area contributed by atoms with Crippen LogP contribution in [0.4, 0.5) is 15.8 Å². The van der Waals surface area contributed by atoms with Crippen LogP contribution in [0, 0.1) is 12.7 Å². The Morgan fingerprint density at radius 3 is 2.68 bits per heavy atom. The van der Waals surface area contributed by atoms with Gasteiger partial charge < -0.3 is 16.2 Å². The third kappa shape index (κ3) is 2.82. The zero-order chi connectivity index (χ0) is 14.0. The second-order valence-corrected chi connectivity index (χ2v) is 4.19. The van der Waals surface area contributed by atoms with E-state index >= 15 is 0 Å². The summed E-state index contributed by atoms with van der Waals surface area (Å²) in [7, 11) is 0. The highest BCUT2D eigenvalue weighted by Gasteiger charge is 2.11. The van der Waals surface area contributed by atoms with Gasteiger partial charge in [0.1, 0.15) is 11.6 Å². The number of hydrogen-bond acceptors (Lipinski definition) is 3. The minimum absolute atomic E-state index is 0.0556. The lowest BCUT2D eigenvalue weighted by Gasteiger charge is -2.08. The summed E-state index contributed by atoms with van der Waals surface area (Å²) in [5.41, 5.74) is 6.98. The van der Waals surface area contributed by atoms with Crippen molar-refractivity contribution in [2.45, 2.75) is 6.92 Å². The summed E-state index contributed by atoms with van der Waals surface area (Å²) < 4.78 is 13.1. The number of phenolic OH excluding ortho intramolecular Hbond substituents is 1. The number of phenols is 1. The molecule has 0 aliphatic carbocycles. The maximum atomic E-state index is 13.1. The Labute approximate surface area is 109 Å². The van der Waals surface area contributed by atoms with Gasteiger partial charge in [-0.25, -0.2) is 4.39 Å². The van der Waals surface area contributed by atoms with E-state index in [-0.39, 0.29) is 17.0 Å². The monoisotopic (exact) mass is 260 g/mol. The molecule has 2 aromatic carbocycles. The number of aromatic hydroxyl groups is 1. The number of carbonyl (C=O) groups excluding carboxylic acids is 1. The van der Waals surface area contributed by atoms with Crippen LogP contribution in [0.1, 0.15) is 15.9 Å². The molecule has 0 saturated carbocycles. The first-order valence-electron chi connectivity index (χ1n) is 5.63. The quantitative estimate of drug-likeness (QED) is 0.727. The lowest BCUT2D eigenvalue weighted by molar-refractivity contribution is 0.102. The van der Waals surface area contributed by atoms with Crippen LogP contribution in [0.2, 0.25) is 0 Å². The molecular formula is C14H13FN2O2. The lowest BCUT2D eigenvalue weighted by Crippen LogP contribution is -2.14. The number of benzene rings is 2. The standard InChI is InChI=1S/C14H13FN2O2/c1-8-2-4-10(7-13(8)18)17-14(19)11-6-9(15)3-5-12(11)16/h2-7,18H,16H2,1H3,(H,17,19). The van der Waals surface area contributed by atoms with Gasteiger partial charge in [-0.1, -0.05) is 6.07 Å². The molecule has 1 amide bonds. The number of hydrogen-bond donors (Lipinski definition) is 3. The average Bonchev–Trinajstić information content (AvgIpc) is 2.36. The molecule has 0 saturated heterocycles. The van der Waals surface area contributed by atoms with E-state index in [1.807, 2.05) is 0 Å². The summed E-state index contributed by atoms with van der Waals surface area (Å²) in [6.45, 7) is 1.74. The fourth-order valence-corrected chi connectivity index (χ4v) is 1.61. The molecule has 19 heavy (non-hydrogen) atoms. The van der Waals surface area contributed by atoms with Gasteiger partial charge in [0.25, 0.3) is 5.91 Å². The molecule has 4 N–H and O–H groups in total. The van der Waals surface area contributed by atoms with Gasteiger partial charge in [-0.2, -0.15) is 0 Å². The largest absolute Gasteiger partial charge is 0.508 e. The van der Waals surface area contributed by atoms with Crippen molar-refractivity contribution in [3.63, 3.8) is 0 Å². The molecule has 0 aliphatic heterocycles. The number of aryl methyl sites for hydroxylation is 1. The molecule has 98 valence electrons. The fourth-order valence-electron chi connectivity index (χ4n) is 1.61. The molecule has 4 nitrogen and oxygen atoms in total. The molecule has 0 bridgehead atoms. The molecule has 5 heteroatoms. The van der Waals surface area contributed by atoms with Crippen LogP contribution < -0.4 is 11.1 Å². The van der Waals surface area contributed by atoms with Crippen LogP contribution in [0.15, 0.2) is 36.4 Å². The van der Waals surface area contributed by atoms with Crippen LogP contribution in [-0.4, -0.2) is 11.0 Å². The lowest BCUT2D eigenvalue weighted by atomic mass is 10.1. The smallest absolute Gasteiger partial charge is 0.257 e.